The van der Waals surface area contributed by atoms with Gasteiger partial charge < -0.3 is 15.5 Å². The van der Waals surface area contributed by atoms with Gasteiger partial charge in [-0.25, -0.2) is 45.2 Å². The SMILES string of the molecule is CS(=O)(=O)N1CCC(Nc2ncc3cc(C(F)F)nc(N4CC5(CNCCC5(F)F)C4)c3n2)CC1. The molecule has 5 rings (SSSR count). The molecule has 3 fully saturated rings. The Labute approximate surface area is 200 Å². The first-order valence-electron chi connectivity index (χ1n) is 11.5. The lowest BCUT2D eigenvalue weighted by atomic mass is 9.71. The summed E-state index contributed by atoms with van der Waals surface area (Å²) >= 11 is 0. The number of nitrogens with one attached hydrogen (secondary N) is 2. The van der Waals surface area contributed by atoms with E-state index >= 15 is 0 Å². The first kappa shape index (κ1) is 24.4. The second kappa shape index (κ2) is 8.66. The number of hydrogen-bond donors (Lipinski definition) is 2. The van der Waals surface area contributed by atoms with Crippen LogP contribution in [0.25, 0.3) is 10.9 Å². The third-order valence-corrected chi connectivity index (χ3v) is 8.49. The van der Waals surface area contributed by atoms with Crippen molar-refractivity contribution < 1.29 is 26.0 Å². The minimum absolute atomic E-state index is 0.0154. The molecule has 3 saturated heterocycles. The highest BCUT2D eigenvalue weighted by Crippen LogP contribution is 2.49. The summed E-state index contributed by atoms with van der Waals surface area (Å²) in [6, 6.07) is 1.14. The summed E-state index contributed by atoms with van der Waals surface area (Å²) in [5.41, 5.74) is -1.41. The molecule has 5 heterocycles. The van der Waals surface area contributed by atoms with E-state index in [4.69, 9.17) is 0 Å². The van der Waals surface area contributed by atoms with E-state index in [9.17, 15) is 26.0 Å². The zero-order valence-corrected chi connectivity index (χ0v) is 20.0. The summed E-state index contributed by atoms with van der Waals surface area (Å²) in [5.74, 6) is -2.46. The molecule has 14 heteroatoms. The molecule has 0 radical (unpaired) electrons. The molecule has 0 bridgehead atoms. The maximum atomic E-state index is 14.7. The van der Waals surface area contributed by atoms with Crippen molar-refractivity contribution in [2.45, 2.75) is 37.7 Å². The topological polar surface area (TPSA) is 103 Å². The van der Waals surface area contributed by atoms with E-state index in [1.165, 1.54) is 22.8 Å². The maximum absolute atomic E-state index is 14.7. The van der Waals surface area contributed by atoms with Crippen molar-refractivity contribution >= 4 is 32.7 Å². The van der Waals surface area contributed by atoms with Gasteiger partial charge in [-0.2, -0.15) is 0 Å². The number of anilines is 2. The van der Waals surface area contributed by atoms with E-state index < -0.39 is 33.5 Å². The standard InChI is InChI=1S/C21H27F4N7O2S/c1-35(33,34)32-6-2-14(3-7-32)28-19-27-9-13-8-15(17(22)23)29-18(16(13)30-19)31-11-20(12-31)10-26-5-4-21(20,24)25/h8-9,14,17,26H,2-7,10-12H2,1H3,(H,27,28,30). The van der Waals surface area contributed by atoms with Gasteiger partial charge >= 0.3 is 0 Å². The van der Waals surface area contributed by atoms with Crippen molar-refractivity contribution in [3.8, 4) is 0 Å². The Kier molecular flexibility index (Phi) is 6.03. The summed E-state index contributed by atoms with van der Waals surface area (Å²) in [7, 11) is -3.25. The van der Waals surface area contributed by atoms with Gasteiger partial charge in [-0.05, 0) is 18.9 Å². The maximum Gasteiger partial charge on any atom is 0.280 e. The van der Waals surface area contributed by atoms with Gasteiger partial charge in [-0.3, -0.25) is 0 Å². The van der Waals surface area contributed by atoms with Gasteiger partial charge in [-0.1, -0.05) is 0 Å². The monoisotopic (exact) mass is 517 g/mol. The Bertz CT molecular complexity index is 1220. The lowest BCUT2D eigenvalue weighted by molar-refractivity contribution is -0.153. The minimum Gasteiger partial charge on any atom is -0.353 e. The van der Waals surface area contributed by atoms with Crippen LogP contribution in [0.4, 0.5) is 29.3 Å². The molecular weight excluding hydrogens is 490 g/mol. The van der Waals surface area contributed by atoms with Crippen molar-refractivity contribution in [3.05, 3.63) is 18.0 Å². The molecule has 0 amide bonds. The van der Waals surface area contributed by atoms with E-state index in [2.05, 4.69) is 25.6 Å². The molecule has 2 aromatic rings. The van der Waals surface area contributed by atoms with Crippen LogP contribution in [0, 0.1) is 5.41 Å². The molecule has 0 aromatic carbocycles. The predicted octanol–water partition coefficient (Wildman–Crippen LogP) is 2.23. The Morgan fingerprint density at radius 3 is 2.54 bits per heavy atom. The van der Waals surface area contributed by atoms with Gasteiger partial charge in [0.25, 0.3) is 12.3 Å². The molecule has 192 valence electrons. The molecule has 3 aliphatic rings. The Morgan fingerprint density at radius 2 is 1.91 bits per heavy atom. The predicted molar refractivity (Wildman–Crippen MR) is 122 cm³/mol. The van der Waals surface area contributed by atoms with Crippen LogP contribution >= 0.6 is 0 Å². The summed E-state index contributed by atoms with van der Waals surface area (Å²) < 4.78 is 81.2. The van der Waals surface area contributed by atoms with Gasteiger partial charge in [0.2, 0.25) is 16.0 Å². The third-order valence-electron chi connectivity index (χ3n) is 7.19. The number of aromatic nitrogens is 3. The Hall–Kier alpha value is -2.32. The summed E-state index contributed by atoms with van der Waals surface area (Å²) in [6.45, 7) is 1.09. The van der Waals surface area contributed by atoms with Gasteiger partial charge in [0.1, 0.15) is 11.2 Å². The number of halogens is 4. The largest absolute Gasteiger partial charge is 0.353 e. The smallest absolute Gasteiger partial charge is 0.280 e. The zero-order valence-electron chi connectivity index (χ0n) is 19.1. The number of piperidine rings is 2. The molecule has 35 heavy (non-hydrogen) atoms. The molecule has 3 aliphatic heterocycles. The highest BCUT2D eigenvalue weighted by Gasteiger charge is 2.61. The van der Waals surface area contributed by atoms with Gasteiger partial charge in [-0.15, -0.1) is 0 Å². The molecule has 0 unspecified atom stereocenters. The fourth-order valence-electron chi connectivity index (χ4n) is 5.10. The number of pyridine rings is 1. The summed E-state index contributed by atoms with van der Waals surface area (Å²) in [4.78, 5) is 14.4. The van der Waals surface area contributed by atoms with Crippen LogP contribution in [-0.2, 0) is 10.0 Å². The fraction of sp³-hybridized carbons (Fsp3) is 0.667. The number of nitrogens with zero attached hydrogens (tertiary/aromatic N) is 5. The highest BCUT2D eigenvalue weighted by atomic mass is 32.2. The van der Waals surface area contributed by atoms with Crippen molar-refractivity contribution in [1.29, 1.82) is 0 Å². The van der Waals surface area contributed by atoms with E-state index in [1.807, 2.05) is 0 Å². The number of rotatable bonds is 5. The van der Waals surface area contributed by atoms with Gasteiger partial charge in [0.05, 0.1) is 11.7 Å². The molecule has 9 nitrogen and oxygen atoms in total. The number of alkyl halides is 4. The van der Waals surface area contributed by atoms with Crippen LogP contribution in [0.5, 0.6) is 0 Å². The van der Waals surface area contributed by atoms with Crippen molar-refractivity contribution in [1.82, 2.24) is 24.6 Å². The quantitative estimate of drug-likeness (QED) is 0.583. The second-order valence-electron chi connectivity index (χ2n) is 9.65. The highest BCUT2D eigenvalue weighted by molar-refractivity contribution is 7.88. The third kappa shape index (κ3) is 4.51. The summed E-state index contributed by atoms with van der Waals surface area (Å²) in [5, 5.41) is 6.55. The van der Waals surface area contributed by atoms with Crippen LogP contribution in [0.2, 0.25) is 0 Å². The Balaban J connectivity index is 1.40. The molecule has 2 aromatic heterocycles. The van der Waals surface area contributed by atoms with E-state index in [0.29, 0.717) is 36.8 Å². The fourth-order valence-corrected chi connectivity index (χ4v) is 5.98. The first-order chi connectivity index (χ1) is 16.5. The average Bonchev–Trinajstić information content (AvgIpc) is 2.77. The van der Waals surface area contributed by atoms with Crippen LogP contribution in [0.3, 0.4) is 0 Å². The van der Waals surface area contributed by atoms with E-state index in [1.54, 1.807) is 4.90 Å². The first-order valence-corrected chi connectivity index (χ1v) is 13.3. The van der Waals surface area contributed by atoms with Crippen LogP contribution in [0.15, 0.2) is 12.3 Å². The van der Waals surface area contributed by atoms with E-state index in [0.717, 1.165) is 0 Å². The van der Waals surface area contributed by atoms with Crippen LogP contribution in [0.1, 0.15) is 31.4 Å². The van der Waals surface area contributed by atoms with Crippen molar-refractivity contribution in [3.63, 3.8) is 0 Å². The van der Waals surface area contributed by atoms with Crippen molar-refractivity contribution in [2.24, 2.45) is 5.41 Å². The lowest BCUT2D eigenvalue weighted by Gasteiger charge is -2.56. The molecule has 2 N–H and O–H groups in total. The van der Waals surface area contributed by atoms with Crippen LogP contribution in [-0.4, -0.2) is 85.2 Å². The zero-order chi connectivity index (χ0) is 25.0. The Morgan fingerprint density at radius 1 is 1.20 bits per heavy atom. The molecule has 0 aliphatic carbocycles. The van der Waals surface area contributed by atoms with E-state index in [-0.39, 0.29) is 50.4 Å². The van der Waals surface area contributed by atoms with Gasteiger partial charge in [0.15, 0.2) is 5.82 Å². The summed E-state index contributed by atoms with van der Waals surface area (Å²) in [6.07, 6.45) is 0.611. The lowest BCUT2D eigenvalue weighted by Crippen LogP contribution is -2.71. The molecular formula is C21H27F4N7O2S. The average molecular weight is 518 g/mol. The normalized spacial score (nSPS) is 23.1. The molecule has 1 spiro atoms. The number of sulfonamides is 1. The van der Waals surface area contributed by atoms with Crippen LogP contribution < -0.4 is 15.5 Å². The minimum atomic E-state index is -3.25. The van der Waals surface area contributed by atoms with Gasteiger partial charge in [0, 0.05) is 63.3 Å². The molecule has 0 atom stereocenters. The second-order valence-corrected chi connectivity index (χ2v) is 11.6. The van der Waals surface area contributed by atoms with Crippen molar-refractivity contribution in [2.75, 3.05) is 55.7 Å². The molecule has 0 saturated carbocycles. The number of hydrogen-bond acceptors (Lipinski definition) is 8. The number of fused-ring (bicyclic) bond motifs is 1.